The standard InChI is InChI=1S/C21H26N4O/c1-2-3-9-21(22-23-21)10-8-20(26)25-13-11-24(12-14-25)19-15-17-6-4-5-7-18(17)16-19/h1,4-7,19H,3,8-16H2. The molecule has 5 nitrogen and oxygen atoms in total. The van der Waals surface area contributed by atoms with Gasteiger partial charge in [0.15, 0.2) is 5.66 Å². The maximum atomic E-state index is 12.5. The predicted molar refractivity (Wildman–Crippen MR) is 101 cm³/mol. The summed E-state index contributed by atoms with van der Waals surface area (Å²) in [6, 6.07) is 9.36. The number of carbonyl (C=O) groups is 1. The van der Waals surface area contributed by atoms with Crippen molar-refractivity contribution in [3.8, 4) is 12.3 Å². The molecule has 0 aromatic heterocycles. The molecule has 0 saturated carbocycles. The summed E-state index contributed by atoms with van der Waals surface area (Å²) in [6.45, 7) is 3.61. The van der Waals surface area contributed by atoms with Crippen LogP contribution >= 0.6 is 0 Å². The SMILES string of the molecule is C#CCCC1(CCC(=O)N2CCN(C3Cc4ccccc4C3)CC2)N=N1. The third-order valence-corrected chi connectivity index (χ3v) is 6.00. The lowest BCUT2D eigenvalue weighted by Gasteiger charge is -2.38. The van der Waals surface area contributed by atoms with Gasteiger partial charge in [0.25, 0.3) is 0 Å². The largest absolute Gasteiger partial charge is 0.340 e. The minimum Gasteiger partial charge on any atom is -0.340 e. The third kappa shape index (κ3) is 3.66. The minimum absolute atomic E-state index is 0.233. The van der Waals surface area contributed by atoms with E-state index >= 15 is 0 Å². The zero-order chi connectivity index (χ0) is 18.0. The number of nitrogens with zero attached hydrogens (tertiary/aromatic N) is 4. The van der Waals surface area contributed by atoms with Crippen molar-refractivity contribution in [3.63, 3.8) is 0 Å². The van der Waals surface area contributed by atoms with Gasteiger partial charge in [-0.2, -0.15) is 10.2 Å². The highest BCUT2D eigenvalue weighted by molar-refractivity contribution is 5.76. The third-order valence-electron chi connectivity index (χ3n) is 6.00. The average Bonchev–Trinajstić information content (AvgIpc) is 3.32. The molecule has 136 valence electrons. The second-order valence-corrected chi connectivity index (χ2v) is 7.63. The molecule has 26 heavy (non-hydrogen) atoms. The molecule has 1 saturated heterocycles. The van der Waals surface area contributed by atoms with Gasteiger partial charge in [-0.05, 0) is 24.0 Å². The fraction of sp³-hybridized carbons (Fsp3) is 0.571. The van der Waals surface area contributed by atoms with E-state index in [1.807, 2.05) is 4.90 Å². The maximum Gasteiger partial charge on any atom is 0.222 e. The number of benzene rings is 1. The highest BCUT2D eigenvalue weighted by atomic mass is 16.2. The van der Waals surface area contributed by atoms with Gasteiger partial charge in [-0.25, -0.2) is 0 Å². The van der Waals surface area contributed by atoms with Crippen molar-refractivity contribution in [2.45, 2.75) is 50.2 Å². The number of hydrogen-bond donors (Lipinski definition) is 0. The van der Waals surface area contributed by atoms with Gasteiger partial charge in [0.2, 0.25) is 5.91 Å². The number of hydrogen-bond acceptors (Lipinski definition) is 4. The lowest BCUT2D eigenvalue weighted by molar-refractivity contribution is -0.133. The van der Waals surface area contributed by atoms with E-state index in [9.17, 15) is 4.79 Å². The van der Waals surface area contributed by atoms with Gasteiger partial charge in [0, 0.05) is 57.9 Å². The summed E-state index contributed by atoms with van der Waals surface area (Å²) in [4.78, 5) is 17.1. The number of carbonyl (C=O) groups excluding carboxylic acids is 1. The van der Waals surface area contributed by atoms with E-state index in [0.29, 0.717) is 25.3 Å². The van der Waals surface area contributed by atoms with Gasteiger partial charge < -0.3 is 4.90 Å². The molecule has 0 unspecified atom stereocenters. The van der Waals surface area contributed by atoms with Crippen molar-refractivity contribution in [1.29, 1.82) is 0 Å². The Morgan fingerprint density at radius 1 is 1.12 bits per heavy atom. The predicted octanol–water partition coefficient (Wildman–Crippen LogP) is 2.65. The number of fused-ring (bicyclic) bond motifs is 1. The van der Waals surface area contributed by atoms with E-state index in [-0.39, 0.29) is 11.6 Å². The zero-order valence-corrected chi connectivity index (χ0v) is 15.2. The van der Waals surface area contributed by atoms with Gasteiger partial charge in [0.05, 0.1) is 0 Å². The number of amides is 1. The highest BCUT2D eigenvalue weighted by Crippen LogP contribution is 2.37. The average molecular weight is 350 g/mol. The first-order valence-electron chi connectivity index (χ1n) is 9.65. The molecule has 5 heteroatoms. The van der Waals surface area contributed by atoms with Crippen LogP contribution in [0.5, 0.6) is 0 Å². The summed E-state index contributed by atoms with van der Waals surface area (Å²) >= 11 is 0. The molecule has 2 heterocycles. The molecule has 3 aliphatic rings. The lowest BCUT2D eigenvalue weighted by atomic mass is 10.0. The Balaban J connectivity index is 1.22. The van der Waals surface area contributed by atoms with Gasteiger partial charge in [-0.15, -0.1) is 12.3 Å². The molecule has 0 bridgehead atoms. The molecule has 1 aromatic carbocycles. The van der Waals surface area contributed by atoms with Crippen LogP contribution in [0, 0.1) is 12.3 Å². The summed E-state index contributed by atoms with van der Waals surface area (Å²) in [5, 5.41) is 8.25. The number of rotatable bonds is 6. The molecule has 0 atom stereocenters. The van der Waals surface area contributed by atoms with Crippen LogP contribution in [-0.4, -0.2) is 53.6 Å². The van der Waals surface area contributed by atoms with Crippen molar-refractivity contribution in [1.82, 2.24) is 9.80 Å². The van der Waals surface area contributed by atoms with Crippen LogP contribution in [0.3, 0.4) is 0 Å². The van der Waals surface area contributed by atoms with Crippen LogP contribution in [0.25, 0.3) is 0 Å². The molecule has 1 aliphatic carbocycles. The van der Waals surface area contributed by atoms with Crippen LogP contribution in [0.4, 0.5) is 0 Å². The van der Waals surface area contributed by atoms with Crippen molar-refractivity contribution in [2.75, 3.05) is 26.2 Å². The molecule has 0 radical (unpaired) electrons. The maximum absolute atomic E-state index is 12.5. The Labute approximate surface area is 155 Å². The smallest absolute Gasteiger partial charge is 0.222 e. The summed E-state index contributed by atoms with van der Waals surface area (Å²) in [7, 11) is 0. The van der Waals surface area contributed by atoms with Crippen molar-refractivity contribution < 1.29 is 4.79 Å². The molecule has 0 N–H and O–H groups in total. The Morgan fingerprint density at radius 3 is 2.35 bits per heavy atom. The van der Waals surface area contributed by atoms with Crippen LogP contribution in [0.2, 0.25) is 0 Å². The van der Waals surface area contributed by atoms with Crippen molar-refractivity contribution in [3.05, 3.63) is 35.4 Å². The molecular weight excluding hydrogens is 324 g/mol. The van der Waals surface area contributed by atoms with E-state index in [1.165, 1.54) is 11.1 Å². The van der Waals surface area contributed by atoms with Crippen LogP contribution < -0.4 is 0 Å². The number of piperazine rings is 1. The highest BCUT2D eigenvalue weighted by Gasteiger charge is 2.40. The molecule has 2 aliphatic heterocycles. The molecule has 0 spiro atoms. The van der Waals surface area contributed by atoms with E-state index in [2.05, 4.69) is 45.3 Å². The molecule has 1 amide bonds. The van der Waals surface area contributed by atoms with Gasteiger partial charge in [-0.3, -0.25) is 9.69 Å². The second kappa shape index (κ2) is 7.20. The van der Waals surface area contributed by atoms with E-state index in [0.717, 1.165) is 45.4 Å². The quantitative estimate of drug-likeness (QED) is 0.741. The zero-order valence-electron chi connectivity index (χ0n) is 15.2. The van der Waals surface area contributed by atoms with E-state index in [1.54, 1.807) is 0 Å². The Kier molecular flexibility index (Phi) is 4.78. The Hall–Kier alpha value is -2.19. The monoisotopic (exact) mass is 350 g/mol. The first kappa shape index (κ1) is 17.2. The summed E-state index contributed by atoms with van der Waals surface area (Å²) < 4.78 is 0. The summed E-state index contributed by atoms with van der Waals surface area (Å²) in [5.41, 5.74) is 2.63. The van der Waals surface area contributed by atoms with Crippen LogP contribution in [0.1, 0.15) is 36.8 Å². The van der Waals surface area contributed by atoms with Crippen LogP contribution in [0.15, 0.2) is 34.5 Å². The van der Waals surface area contributed by atoms with Gasteiger partial charge in [0.1, 0.15) is 0 Å². The molecular formula is C21H26N4O. The van der Waals surface area contributed by atoms with Crippen LogP contribution in [-0.2, 0) is 17.6 Å². The fourth-order valence-electron chi connectivity index (χ4n) is 4.26. The normalized spacial score (nSPS) is 21.4. The fourth-order valence-corrected chi connectivity index (χ4v) is 4.26. The van der Waals surface area contributed by atoms with Crippen molar-refractivity contribution in [2.24, 2.45) is 10.2 Å². The van der Waals surface area contributed by atoms with E-state index < -0.39 is 0 Å². The minimum atomic E-state index is -0.348. The Morgan fingerprint density at radius 2 is 1.77 bits per heavy atom. The molecule has 1 aromatic rings. The first-order valence-corrected chi connectivity index (χ1v) is 9.65. The molecule has 4 rings (SSSR count). The van der Waals surface area contributed by atoms with Crippen molar-refractivity contribution >= 4 is 5.91 Å². The second-order valence-electron chi connectivity index (χ2n) is 7.63. The van der Waals surface area contributed by atoms with E-state index in [4.69, 9.17) is 6.42 Å². The first-order chi connectivity index (χ1) is 12.7. The number of terminal acetylenes is 1. The lowest BCUT2D eigenvalue weighted by Crippen LogP contribution is -2.52. The van der Waals surface area contributed by atoms with Gasteiger partial charge >= 0.3 is 0 Å². The molecule has 1 fully saturated rings. The summed E-state index contributed by atoms with van der Waals surface area (Å²) in [5.74, 6) is 2.87. The van der Waals surface area contributed by atoms with Gasteiger partial charge in [-0.1, -0.05) is 24.3 Å². The Bertz CT molecular complexity index is 712. The summed E-state index contributed by atoms with van der Waals surface area (Å²) in [6.07, 6.45) is 10.3. The topological polar surface area (TPSA) is 48.3 Å².